The summed E-state index contributed by atoms with van der Waals surface area (Å²) in [5, 5.41) is 0.571. The fourth-order valence-electron chi connectivity index (χ4n) is 1.02. The Bertz CT molecular complexity index is 266. The number of hydrogen-bond donors (Lipinski definition) is 1. The van der Waals surface area contributed by atoms with E-state index in [2.05, 4.69) is 9.97 Å². The van der Waals surface area contributed by atoms with E-state index < -0.39 is 0 Å². The minimum absolute atomic E-state index is 0.571. The molecule has 0 saturated carbocycles. The first kappa shape index (κ1) is 10.2. The molecule has 0 atom stereocenters. The molecule has 0 aliphatic heterocycles. The van der Waals surface area contributed by atoms with Crippen LogP contribution in [0, 0.1) is 0 Å². The molecule has 0 saturated heterocycles. The van der Waals surface area contributed by atoms with Gasteiger partial charge in [0.25, 0.3) is 0 Å². The van der Waals surface area contributed by atoms with E-state index in [-0.39, 0.29) is 0 Å². The highest BCUT2D eigenvalue weighted by atomic mass is 35.5. The highest BCUT2D eigenvalue weighted by Crippen LogP contribution is 2.19. The van der Waals surface area contributed by atoms with Crippen molar-refractivity contribution in [1.29, 1.82) is 0 Å². The summed E-state index contributed by atoms with van der Waals surface area (Å²) in [6.07, 6.45) is 4.00. The Labute approximate surface area is 82.7 Å². The molecule has 0 aliphatic rings. The molecule has 2 N–H and O–H groups in total. The largest absolute Gasteiger partial charge is 0.358 e. The molecule has 0 bridgehead atoms. The van der Waals surface area contributed by atoms with Crippen LogP contribution in [0.1, 0.15) is 6.42 Å². The molecule has 0 aliphatic carbocycles. The highest BCUT2D eigenvalue weighted by molar-refractivity contribution is 6.32. The molecule has 4 nitrogen and oxygen atoms in total. The Balaban J connectivity index is 2.65. The van der Waals surface area contributed by atoms with Crippen LogP contribution in [0.2, 0.25) is 5.02 Å². The zero-order valence-electron chi connectivity index (χ0n) is 7.57. The molecule has 0 fully saturated rings. The van der Waals surface area contributed by atoms with E-state index >= 15 is 0 Å². The number of hydrogen-bond acceptors (Lipinski definition) is 4. The van der Waals surface area contributed by atoms with Crippen molar-refractivity contribution in [2.24, 2.45) is 5.73 Å². The maximum atomic E-state index is 5.90. The van der Waals surface area contributed by atoms with Gasteiger partial charge in [0, 0.05) is 13.6 Å². The molecule has 5 heteroatoms. The molecule has 1 aromatic heterocycles. The number of nitrogens with zero attached hydrogens (tertiary/aromatic N) is 3. The summed E-state index contributed by atoms with van der Waals surface area (Å²) < 4.78 is 0. The van der Waals surface area contributed by atoms with Crippen LogP contribution in [0.4, 0.5) is 5.82 Å². The van der Waals surface area contributed by atoms with Gasteiger partial charge >= 0.3 is 0 Å². The van der Waals surface area contributed by atoms with Crippen molar-refractivity contribution in [1.82, 2.24) is 9.97 Å². The molecule has 0 spiro atoms. The quantitative estimate of drug-likeness (QED) is 0.785. The van der Waals surface area contributed by atoms with Crippen LogP contribution in [-0.4, -0.2) is 30.1 Å². The summed E-state index contributed by atoms with van der Waals surface area (Å²) in [6.45, 7) is 1.53. The van der Waals surface area contributed by atoms with Crippen LogP contribution in [-0.2, 0) is 0 Å². The average molecular weight is 201 g/mol. The van der Waals surface area contributed by atoms with Crippen LogP contribution >= 0.6 is 11.6 Å². The minimum Gasteiger partial charge on any atom is -0.358 e. The fourth-order valence-corrected chi connectivity index (χ4v) is 1.27. The summed E-state index contributed by atoms with van der Waals surface area (Å²) in [7, 11) is 1.93. The van der Waals surface area contributed by atoms with E-state index in [1.165, 1.54) is 6.33 Å². The number of rotatable bonds is 4. The van der Waals surface area contributed by atoms with Gasteiger partial charge in [0.15, 0.2) is 5.82 Å². The Morgan fingerprint density at radius 3 is 3.00 bits per heavy atom. The van der Waals surface area contributed by atoms with Crippen molar-refractivity contribution in [3.63, 3.8) is 0 Å². The van der Waals surface area contributed by atoms with Crippen molar-refractivity contribution in [3.05, 3.63) is 17.5 Å². The Kier molecular flexibility index (Phi) is 3.92. The Morgan fingerprint density at radius 2 is 2.38 bits per heavy atom. The van der Waals surface area contributed by atoms with E-state index in [1.54, 1.807) is 6.20 Å². The summed E-state index contributed by atoms with van der Waals surface area (Å²) >= 11 is 5.90. The van der Waals surface area contributed by atoms with Gasteiger partial charge in [0.2, 0.25) is 0 Å². The molecule has 1 heterocycles. The van der Waals surface area contributed by atoms with E-state index in [0.717, 1.165) is 18.8 Å². The summed E-state index contributed by atoms with van der Waals surface area (Å²) in [5.74, 6) is 0.755. The molecule has 0 unspecified atom stereocenters. The summed E-state index contributed by atoms with van der Waals surface area (Å²) in [5.41, 5.74) is 5.40. The first-order chi connectivity index (χ1) is 6.25. The van der Waals surface area contributed by atoms with E-state index in [4.69, 9.17) is 17.3 Å². The van der Waals surface area contributed by atoms with Crippen molar-refractivity contribution in [3.8, 4) is 0 Å². The molecule has 0 aromatic carbocycles. The van der Waals surface area contributed by atoms with Crippen molar-refractivity contribution in [2.75, 3.05) is 25.0 Å². The lowest BCUT2D eigenvalue weighted by Gasteiger charge is -2.17. The second-order valence-corrected chi connectivity index (χ2v) is 3.17. The first-order valence-corrected chi connectivity index (χ1v) is 4.50. The molecular formula is C8H13ClN4. The van der Waals surface area contributed by atoms with Crippen LogP contribution in [0.25, 0.3) is 0 Å². The predicted octanol–water partition coefficient (Wildman–Crippen LogP) is 0.915. The minimum atomic E-state index is 0.571. The zero-order chi connectivity index (χ0) is 9.68. The third kappa shape index (κ3) is 2.82. The number of anilines is 1. The van der Waals surface area contributed by atoms with E-state index in [1.807, 2.05) is 11.9 Å². The van der Waals surface area contributed by atoms with Gasteiger partial charge < -0.3 is 10.6 Å². The molecule has 0 amide bonds. The van der Waals surface area contributed by atoms with Gasteiger partial charge in [0.1, 0.15) is 11.3 Å². The first-order valence-electron chi connectivity index (χ1n) is 4.12. The van der Waals surface area contributed by atoms with E-state index in [9.17, 15) is 0 Å². The molecular weight excluding hydrogens is 188 g/mol. The summed E-state index contributed by atoms with van der Waals surface area (Å²) in [4.78, 5) is 9.86. The molecule has 1 aromatic rings. The van der Waals surface area contributed by atoms with Gasteiger partial charge in [-0.15, -0.1) is 0 Å². The maximum absolute atomic E-state index is 5.90. The number of aromatic nitrogens is 2. The fraction of sp³-hybridized carbons (Fsp3) is 0.500. The van der Waals surface area contributed by atoms with Gasteiger partial charge in [-0.1, -0.05) is 11.6 Å². The number of halogens is 1. The van der Waals surface area contributed by atoms with E-state index in [0.29, 0.717) is 11.6 Å². The Hall–Kier alpha value is -0.870. The normalized spacial score (nSPS) is 10.1. The Morgan fingerprint density at radius 1 is 1.62 bits per heavy atom. The van der Waals surface area contributed by atoms with Gasteiger partial charge in [-0.3, -0.25) is 0 Å². The molecule has 0 radical (unpaired) electrons. The molecule has 13 heavy (non-hydrogen) atoms. The average Bonchev–Trinajstić information content (AvgIpc) is 2.15. The van der Waals surface area contributed by atoms with Crippen molar-refractivity contribution < 1.29 is 0 Å². The third-order valence-electron chi connectivity index (χ3n) is 1.71. The van der Waals surface area contributed by atoms with Crippen molar-refractivity contribution in [2.45, 2.75) is 6.42 Å². The number of nitrogens with two attached hydrogens (primary N) is 1. The van der Waals surface area contributed by atoms with Gasteiger partial charge in [-0.25, -0.2) is 9.97 Å². The molecule has 72 valence electrons. The smallest absolute Gasteiger partial charge is 0.150 e. The SMILES string of the molecule is CN(CCCN)c1ncncc1Cl. The van der Waals surface area contributed by atoms with Crippen LogP contribution in [0.15, 0.2) is 12.5 Å². The zero-order valence-corrected chi connectivity index (χ0v) is 8.33. The van der Waals surface area contributed by atoms with Crippen molar-refractivity contribution >= 4 is 17.4 Å². The monoisotopic (exact) mass is 200 g/mol. The van der Waals surface area contributed by atoms with Crippen LogP contribution < -0.4 is 10.6 Å². The standard InChI is InChI=1S/C8H13ClN4/c1-13(4-2-3-10)8-7(9)5-11-6-12-8/h5-6H,2-4,10H2,1H3. The van der Waals surface area contributed by atoms with Crippen LogP contribution in [0.5, 0.6) is 0 Å². The van der Waals surface area contributed by atoms with Gasteiger partial charge in [0.05, 0.1) is 6.20 Å². The lowest BCUT2D eigenvalue weighted by Crippen LogP contribution is -2.22. The second kappa shape index (κ2) is 4.99. The van der Waals surface area contributed by atoms with Gasteiger partial charge in [-0.05, 0) is 13.0 Å². The highest BCUT2D eigenvalue weighted by Gasteiger charge is 2.05. The topological polar surface area (TPSA) is 55.0 Å². The van der Waals surface area contributed by atoms with Gasteiger partial charge in [-0.2, -0.15) is 0 Å². The predicted molar refractivity (Wildman–Crippen MR) is 54.0 cm³/mol. The lowest BCUT2D eigenvalue weighted by molar-refractivity contribution is 0.785. The maximum Gasteiger partial charge on any atom is 0.150 e. The summed E-state index contributed by atoms with van der Waals surface area (Å²) in [6, 6.07) is 0. The van der Waals surface area contributed by atoms with Crippen LogP contribution in [0.3, 0.4) is 0 Å². The second-order valence-electron chi connectivity index (χ2n) is 2.76. The molecule has 1 rings (SSSR count). The lowest BCUT2D eigenvalue weighted by atomic mass is 10.4. The third-order valence-corrected chi connectivity index (χ3v) is 1.97.